The number of aromatic nitrogens is 2. The summed E-state index contributed by atoms with van der Waals surface area (Å²) in [4.78, 5) is 25.9. The lowest BCUT2D eigenvalue weighted by Crippen LogP contribution is -2.37. The zero-order valence-corrected chi connectivity index (χ0v) is 17.9. The molecule has 0 unspecified atom stereocenters. The molecule has 2 aromatic rings. The number of rotatable bonds is 6. The maximum Gasteiger partial charge on any atom is 0.253 e. The molecular formula is C21H28N4O2S. The first-order chi connectivity index (χ1) is 13.5. The van der Waals surface area contributed by atoms with Crippen LogP contribution in [0.3, 0.4) is 0 Å². The first-order valence-corrected chi connectivity index (χ1v) is 10.6. The zero-order chi connectivity index (χ0) is 20.1. The van der Waals surface area contributed by atoms with Crippen LogP contribution in [0.25, 0.3) is 0 Å². The molecule has 0 N–H and O–H groups in total. The fraction of sp³-hybridized carbons (Fsp3) is 0.476. The van der Waals surface area contributed by atoms with Crippen molar-refractivity contribution in [2.45, 2.75) is 31.7 Å². The molecule has 1 aromatic heterocycles. The smallest absolute Gasteiger partial charge is 0.253 e. The molecule has 0 spiro atoms. The molecule has 0 aliphatic carbocycles. The van der Waals surface area contributed by atoms with E-state index in [2.05, 4.69) is 16.8 Å². The Kier molecular flexibility index (Phi) is 6.91. The average molecular weight is 401 g/mol. The van der Waals surface area contributed by atoms with Gasteiger partial charge in [0, 0.05) is 49.3 Å². The molecule has 1 aromatic carbocycles. The number of carbonyl (C=O) groups is 1. The van der Waals surface area contributed by atoms with Crippen molar-refractivity contribution < 1.29 is 9.53 Å². The van der Waals surface area contributed by atoms with Gasteiger partial charge < -0.3 is 14.5 Å². The summed E-state index contributed by atoms with van der Waals surface area (Å²) in [6.45, 7) is 9.96. The molecule has 1 aliphatic heterocycles. The predicted octanol–water partition coefficient (Wildman–Crippen LogP) is 3.31. The first kappa shape index (κ1) is 20.6. The number of aryl methyl sites for hydroxylation is 1. The highest BCUT2D eigenvalue weighted by atomic mass is 32.2. The lowest BCUT2D eigenvalue weighted by atomic mass is 10.1. The van der Waals surface area contributed by atoms with Crippen LogP contribution in [0.4, 0.5) is 5.82 Å². The van der Waals surface area contributed by atoms with Crippen LogP contribution in [0.2, 0.25) is 0 Å². The number of nitrogens with zero attached hydrogens (tertiary/aromatic N) is 4. The predicted molar refractivity (Wildman–Crippen MR) is 113 cm³/mol. The normalized spacial score (nSPS) is 14.2. The number of anilines is 1. The Labute approximate surface area is 171 Å². The van der Waals surface area contributed by atoms with Gasteiger partial charge in [0.15, 0.2) is 5.16 Å². The van der Waals surface area contributed by atoms with E-state index in [-0.39, 0.29) is 5.91 Å². The molecule has 0 atom stereocenters. The maximum atomic E-state index is 12.4. The molecule has 1 saturated heterocycles. The van der Waals surface area contributed by atoms with Crippen LogP contribution in [-0.4, -0.2) is 60.7 Å². The number of hydrogen-bond donors (Lipinski definition) is 0. The van der Waals surface area contributed by atoms with Crippen LogP contribution in [-0.2, 0) is 10.5 Å². The van der Waals surface area contributed by atoms with Gasteiger partial charge in [0.05, 0.1) is 13.2 Å². The third kappa shape index (κ3) is 4.83. The molecule has 3 rings (SSSR count). The Morgan fingerprint density at radius 3 is 2.71 bits per heavy atom. The van der Waals surface area contributed by atoms with E-state index in [1.54, 1.807) is 16.7 Å². The molecule has 2 heterocycles. The van der Waals surface area contributed by atoms with Crippen molar-refractivity contribution in [3.8, 4) is 0 Å². The molecule has 1 fully saturated rings. The number of ether oxygens (including phenoxy) is 1. The van der Waals surface area contributed by atoms with Gasteiger partial charge in [-0.2, -0.15) is 0 Å². The van der Waals surface area contributed by atoms with Crippen molar-refractivity contribution in [2.75, 3.05) is 44.8 Å². The monoisotopic (exact) mass is 400 g/mol. The molecular weight excluding hydrogens is 372 g/mol. The molecule has 150 valence electrons. The molecule has 28 heavy (non-hydrogen) atoms. The average Bonchev–Trinajstić information content (AvgIpc) is 2.74. The van der Waals surface area contributed by atoms with Crippen LogP contribution >= 0.6 is 11.8 Å². The van der Waals surface area contributed by atoms with E-state index >= 15 is 0 Å². The Bertz CT molecular complexity index is 837. The van der Waals surface area contributed by atoms with Crippen LogP contribution in [0.1, 0.15) is 34.1 Å². The number of carbonyl (C=O) groups excluding carboxylic acids is 1. The van der Waals surface area contributed by atoms with Gasteiger partial charge in [0.1, 0.15) is 5.82 Å². The largest absolute Gasteiger partial charge is 0.378 e. The minimum absolute atomic E-state index is 0.0476. The van der Waals surface area contributed by atoms with Crippen LogP contribution in [0, 0.1) is 13.8 Å². The highest BCUT2D eigenvalue weighted by Crippen LogP contribution is 2.27. The Morgan fingerprint density at radius 2 is 2.00 bits per heavy atom. The molecule has 7 heteroatoms. The third-order valence-electron chi connectivity index (χ3n) is 5.02. The molecule has 0 radical (unpaired) electrons. The van der Waals surface area contributed by atoms with E-state index in [9.17, 15) is 4.79 Å². The quantitative estimate of drug-likeness (QED) is 0.548. The maximum absolute atomic E-state index is 12.4. The van der Waals surface area contributed by atoms with Gasteiger partial charge in [0.2, 0.25) is 0 Å². The van der Waals surface area contributed by atoms with Gasteiger partial charge in [-0.1, -0.05) is 23.9 Å². The standard InChI is InChI=1S/C21H28N4O2S/c1-5-24(4)20(26)18-8-6-7-17(13-18)14-28-21-22-16(3)15(2)19(23-21)25-9-11-27-12-10-25/h6-8,13H,5,9-12,14H2,1-4H3. The Balaban J connectivity index is 1.74. The van der Waals surface area contributed by atoms with Gasteiger partial charge in [-0.3, -0.25) is 4.79 Å². The van der Waals surface area contributed by atoms with Gasteiger partial charge in [-0.25, -0.2) is 9.97 Å². The number of benzene rings is 1. The summed E-state index contributed by atoms with van der Waals surface area (Å²) < 4.78 is 5.46. The Hall–Kier alpha value is -2.12. The lowest BCUT2D eigenvalue weighted by molar-refractivity contribution is 0.0802. The molecule has 1 amide bonds. The fourth-order valence-electron chi connectivity index (χ4n) is 3.04. The summed E-state index contributed by atoms with van der Waals surface area (Å²) in [6, 6.07) is 7.81. The van der Waals surface area contributed by atoms with Crippen molar-refractivity contribution in [1.29, 1.82) is 0 Å². The first-order valence-electron chi connectivity index (χ1n) is 9.64. The Morgan fingerprint density at radius 1 is 1.25 bits per heavy atom. The van der Waals surface area contributed by atoms with Crippen LogP contribution in [0.5, 0.6) is 0 Å². The second-order valence-corrected chi connectivity index (χ2v) is 7.89. The molecule has 6 nitrogen and oxygen atoms in total. The van der Waals surface area contributed by atoms with E-state index in [4.69, 9.17) is 9.72 Å². The number of thioether (sulfide) groups is 1. The molecule has 1 aliphatic rings. The summed E-state index contributed by atoms with van der Waals surface area (Å²) in [6.07, 6.45) is 0. The minimum atomic E-state index is 0.0476. The number of morpholine rings is 1. The molecule has 0 bridgehead atoms. The summed E-state index contributed by atoms with van der Waals surface area (Å²) in [5, 5.41) is 0.770. The minimum Gasteiger partial charge on any atom is -0.378 e. The van der Waals surface area contributed by atoms with E-state index in [0.29, 0.717) is 6.54 Å². The van der Waals surface area contributed by atoms with Crippen molar-refractivity contribution in [1.82, 2.24) is 14.9 Å². The van der Waals surface area contributed by atoms with Gasteiger partial charge in [0.25, 0.3) is 5.91 Å². The summed E-state index contributed by atoms with van der Waals surface area (Å²) in [7, 11) is 1.82. The summed E-state index contributed by atoms with van der Waals surface area (Å²) >= 11 is 1.60. The van der Waals surface area contributed by atoms with E-state index < -0.39 is 0 Å². The van der Waals surface area contributed by atoms with Crippen molar-refractivity contribution >= 4 is 23.5 Å². The van der Waals surface area contributed by atoms with E-state index in [0.717, 1.165) is 65.4 Å². The summed E-state index contributed by atoms with van der Waals surface area (Å²) in [5.41, 5.74) is 3.95. The van der Waals surface area contributed by atoms with Crippen molar-refractivity contribution in [3.63, 3.8) is 0 Å². The topological polar surface area (TPSA) is 58.6 Å². The third-order valence-corrected chi connectivity index (χ3v) is 5.93. The lowest BCUT2D eigenvalue weighted by Gasteiger charge is -2.29. The van der Waals surface area contributed by atoms with Gasteiger partial charge in [-0.15, -0.1) is 0 Å². The second kappa shape index (κ2) is 9.39. The highest BCUT2D eigenvalue weighted by molar-refractivity contribution is 7.98. The SMILES string of the molecule is CCN(C)C(=O)c1cccc(CSc2nc(C)c(C)c(N3CCOCC3)n2)c1. The van der Waals surface area contributed by atoms with Gasteiger partial charge >= 0.3 is 0 Å². The van der Waals surface area contributed by atoms with E-state index in [1.807, 2.05) is 45.2 Å². The van der Waals surface area contributed by atoms with Crippen LogP contribution in [0.15, 0.2) is 29.4 Å². The second-order valence-electron chi connectivity index (χ2n) is 6.95. The number of amides is 1. The fourth-order valence-corrected chi connectivity index (χ4v) is 3.87. The highest BCUT2D eigenvalue weighted by Gasteiger charge is 2.18. The molecule has 0 saturated carbocycles. The van der Waals surface area contributed by atoms with E-state index in [1.165, 1.54) is 0 Å². The zero-order valence-electron chi connectivity index (χ0n) is 17.1. The number of hydrogen-bond acceptors (Lipinski definition) is 6. The summed E-state index contributed by atoms with van der Waals surface area (Å²) in [5.74, 6) is 1.78. The van der Waals surface area contributed by atoms with Crippen molar-refractivity contribution in [3.05, 3.63) is 46.6 Å². The van der Waals surface area contributed by atoms with Crippen molar-refractivity contribution in [2.24, 2.45) is 0 Å². The van der Waals surface area contributed by atoms with Gasteiger partial charge in [-0.05, 0) is 38.5 Å². The van der Waals surface area contributed by atoms with Crippen LogP contribution < -0.4 is 4.90 Å².